The number of hydrogen-bond donors (Lipinski definition) is 2. The molecule has 0 fully saturated rings. The maximum Gasteiger partial charge on any atom is 0.252 e. The second kappa shape index (κ2) is 11.5. The second-order valence-corrected chi connectivity index (χ2v) is 4.64. The molecule has 0 saturated carbocycles. The van der Waals surface area contributed by atoms with Gasteiger partial charge in [0, 0.05) is 20.1 Å². The van der Waals surface area contributed by atoms with Crippen LogP contribution in [0.2, 0.25) is 0 Å². The first-order valence-corrected chi connectivity index (χ1v) is 7.25. The Balaban J connectivity index is 4.52. The molecule has 0 spiro atoms. The number of hydrogen-bond acceptors (Lipinski definition) is 3. The highest BCUT2D eigenvalue weighted by molar-refractivity contribution is 5.81. The summed E-state index contributed by atoms with van der Waals surface area (Å²) in [4.78, 5) is 14.1. The fraction of sp³-hybridized carbons (Fsp3) is 0.857. The van der Waals surface area contributed by atoms with Crippen molar-refractivity contribution < 1.29 is 4.79 Å². The Kier molecular flexibility index (Phi) is 11.1. The topological polar surface area (TPSA) is 44.4 Å². The van der Waals surface area contributed by atoms with E-state index in [4.69, 9.17) is 0 Å². The van der Waals surface area contributed by atoms with Crippen molar-refractivity contribution in [2.24, 2.45) is 0 Å². The lowest BCUT2D eigenvalue weighted by atomic mass is 10.2. The zero-order chi connectivity index (χ0) is 13.8. The van der Waals surface area contributed by atoms with Gasteiger partial charge in [-0.05, 0) is 25.8 Å². The Bertz CT molecular complexity index is 201. The van der Waals surface area contributed by atoms with Gasteiger partial charge in [0.1, 0.15) is 6.17 Å². The van der Waals surface area contributed by atoms with E-state index in [1.165, 1.54) is 0 Å². The predicted octanol–water partition coefficient (Wildman–Crippen LogP) is 2.12. The molecule has 0 heterocycles. The van der Waals surface area contributed by atoms with Crippen molar-refractivity contribution in [2.75, 3.05) is 19.6 Å². The van der Waals surface area contributed by atoms with Crippen LogP contribution in [0, 0.1) is 7.05 Å². The maximum absolute atomic E-state index is 11.9. The number of carbonyl (C=O) groups is 1. The van der Waals surface area contributed by atoms with Gasteiger partial charge in [0.05, 0.1) is 0 Å². The Hall–Kier alpha value is -0.610. The van der Waals surface area contributed by atoms with Crippen LogP contribution in [-0.2, 0) is 4.79 Å². The van der Waals surface area contributed by atoms with E-state index < -0.39 is 0 Å². The van der Waals surface area contributed by atoms with Crippen molar-refractivity contribution in [3.05, 3.63) is 7.05 Å². The lowest BCUT2D eigenvalue weighted by Gasteiger charge is -2.31. The van der Waals surface area contributed by atoms with Gasteiger partial charge in [-0.15, -0.1) is 0 Å². The van der Waals surface area contributed by atoms with Gasteiger partial charge in [0.15, 0.2) is 0 Å². The van der Waals surface area contributed by atoms with Crippen LogP contribution in [0.3, 0.4) is 0 Å². The van der Waals surface area contributed by atoms with Crippen molar-refractivity contribution in [1.29, 1.82) is 0 Å². The third kappa shape index (κ3) is 6.97. The third-order valence-corrected chi connectivity index (χ3v) is 2.97. The van der Waals surface area contributed by atoms with Crippen molar-refractivity contribution >= 4 is 5.91 Å². The van der Waals surface area contributed by atoms with E-state index >= 15 is 0 Å². The summed E-state index contributed by atoms with van der Waals surface area (Å²) in [6, 6.07) is 0. The SMILES string of the molecule is [CH2]NC(=O)C(NCCC)N(CCCC)CCCC. The summed E-state index contributed by atoms with van der Waals surface area (Å²) >= 11 is 0. The summed E-state index contributed by atoms with van der Waals surface area (Å²) in [7, 11) is 3.49. The molecule has 18 heavy (non-hydrogen) atoms. The molecule has 1 amide bonds. The monoisotopic (exact) mass is 256 g/mol. The molecule has 4 nitrogen and oxygen atoms in total. The first-order chi connectivity index (χ1) is 8.71. The van der Waals surface area contributed by atoms with Crippen LogP contribution in [0.5, 0.6) is 0 Å². The van der Waals surface area contributed by atoms with Gasteiger partial charge >= 0.3 is 0 Å². The third-order valence-electron chi connectivity index (χ3n) is 2.97. The lowest BCUT2D eigenvalue weighted by Crippen LogP contribution is -2.55. The van der Waals surface area contributed by atoms with E-state index in [-0.39, 0.29) is 12.1 Å². The molecule has 0 saturated heterocycles. The minimum atomic E-state index is -0.236. The van der Waals surface area contributed by atoms with Gasteiger partial charge in [-0.2, -0.15) is 0 Å². The number of amides is 1. The van der Waals surface area contributed by atoms with Crippen LogP contribution in [-0.4, -0.2) is 36.6 Å². The molecule has 0 aliphatic carbocycles. The summed E-state index contributed by atoms with van der Waals surface area (Å²) in [6.45, 7) is 9.24. The minimum Gasteiger partial charge on any atom is -0.352 e. The second-order valence-electron chi connectivity index (χ2n) is 4.64. The molecule has 1 atom stereocenters. The molecular formula is C14H30N3O. The largest absolute Gasteiger partial charge is 0.352 e. The van der Waals surface area contributed by atoms with E-state index in [0.29, 0.717) is 0 Å². The standard InChI is InChI=1S/C14H30N3O/c1-5-8-11-17(12-9-6-2)13(14(18)15-4)16-10-7-3/h13,16H,4-12H2,1-3H3,(H,15,18). The highest BCUT2D eigenvalue weighted by Crippen LogP contribution is 2.04. The molecule has 2 N–H and O–H groups in total. The molecule has 4 heteroatoms. The molecule has 0 aliphatic heterocycles. The number of nitrogens with zero attached hydrogens (tertiary/aromatic N) is 1. The van der Waals surface area contributed by atoms with Crippen LogP contribution < -0.4 is 10.6 Å². The van der Waals surface area contributed by atoms with Crippen molar-refractivity contribution in [3.63, 3.8) is 0 Å². The number of nitrogens with one attached hydrogen (secondary N) is 2. The van der Waals surface area contributed by atoms with Gasteiger partial charge in [-0.25, -0.2) is 0 Å². The van der Waals surface area contributed by atoms with E-state index in [9.17, 15) is 4.79 Å². The normalized spacial score (nSPS) is 12.7. The molecule has 1 radical (unpaired) electrons. The quantitative estimate of drug-likeness (QED) is 0.557. The van der Waals surface area contributed by atoms with Gasteiger partial charge < -0.3 is 5.32 Å². The van der Waals surface area contributed by atoms with E-state index in [1.807, 2.05) is 0 Å². The molecule has 0 rings (SSSR count). The van der Waals surface area contributed by atoms with Gasteiger partial charge in [0.2, 0.25) is 0 Å². The summed E-state index contributed by atoms with van der Waals surface area (Å²) in [5.74, 6) is -0.0318. The Labute approximate surface area is 113 Å². The molecule has 0 aromatic heterocycles. The highest BCUT2D eigenvalue weighted by Gasteiger charge is 2.23. The average Bonchev–Trinajstić information content (AvgIpc) is 2.40. The van der Waals surface area contributed by atoms with E-state index in [2.05, 4.69) is 43.4 Å². The summed E-state index contributed by atoms with van der Waals surface area (Å²) in [6.07, 6.45) is 5.33. The Morgan fingerprint density at radius 1 is 1.11 bits per heavy atom. The van der Waals surface area contributed by atoms with Crippen molar-refractivity contribution in [1.82, 2.24) is 15.5 Å². The van der Waals surface area contributed by atoms with Gasteiger partial charge in [-0.1, -0.05) is 33.6 Å². The smallest absolute Gasteiger partial charge is 0.252 e. The minimum absolute atomic E-state index is 0.0318. The number of carbonyl (C=O) groups excluding carboxylic acids is 1. The van der Waals surface area contributed by atoms with Crippen LogP contribution in [0.4, 0.5) is 0 Å². The van der Waals surface area contributed by atoms with Crippen LogP contribution in [0.15, 0.2) is 0 Å². The molecular weight excluding hydrogens is 226 g/mol. The molecule has 0 bridgehead atoms. The van der Waals surface area contributed by atoms with Gasteiger partial charge in [-0.3, -0.25) is 15.0 Å². The first-order valence-electron chi connectivity index (χ1n) is 7.25. The Morgan fingerprint density at radius 2 is 1.67 bits per heavy atom. The van der Waals surface area contributed by atoms with Crippen LogP contribution >= 0.6 is 0 Å². The summed E-state index contributed by atoms with van der Waals surface area (Å²) in [5.41, 5.74) is 0. The van der Waals surface area contributed by atoms with E-state index in [0.717, 1.165) is 51.7 Å². The molecule has 0 aromatic rings. The summed E-state index contributed by atoms with van der Waals surface area (Å²) in [5, 5.41) is 5.83. The summed E-state index contributed by atoms with van der Waals surface area (Å²) < 4.78 is 0. The van der Waals surface area contributed by atoms with Crippen LogP contribution in [0.25, 0.3) is 0 Å². The van der Waals surface area contributed by atoms with Gasteiger partial charge in [0.25, 0.3) is 5.91 Å². The maximum atomic E-state index is 11.9. The molecule has 0 aliphatic rings. The predicted molar refractivity (Wildman–Crippen MR) is 77.0 cm³/mol. The Morgan fingerprint density at radius 3 is 2.06 bits per heavy atom. The van der Waals surface area contributed by atoms with Crippen LogP contribution in [0.1, 0.15) is 52.9 Å². The molecule has 0 aromatic carbocycles. The molecule has 1 unspecified atom stereocenters. The fourth-order valence-electron chi connectivity index (χ4n) is 1.86. The molecule has 107 valence electrons. The number of unbranched alkanes of at least 4 members (excludes halogenated alkanes) is 2. The average molecular weight is 256 g/mol. The van der Waals surface area contributed by atoms with Crippen molar-refractivity contribution in [2.45, 2.75) is 59.0 Å². The highest BCUT2D eigenvalue weighted by atomic mass is 16.2. The zero-order valence-electron chi connectivity index (χ0n) is 12.3. The van der Waals surface area contributed by atoms with E-state index in [1.54, 1.807) is 0 Å². The first kappa shape index (κ1) is 17.4. The zero-order valence-corrected chi connectivity index (χ0v) is 12.3. The fourth-order valence-corrected chi connectivity index (χ4v) is 1.86. The van der Waals surface area contributed by atoms with Crippen molar-refractivity contribution in [3.8, 4) is 0 Å². The number of rotatable bonds is 11. The lowest BCUT2D eigenvalue weighted by molar-refractivity contribution is -0.126.